The molecule has 2 N–H and O–H groups in total. The number of hydrogen-bond acceptors (Lipinski definition) is 4. The monoisotopic (exact) mass is 291 g/mol. The van der Waals surface area contributed by atoms with E-state index in [4.69, 9.17) is 4.42 Å². The van der Waals surface area contributed by atoms with Crippen LogP contribution in [0.5, 0.6) is 0 Å². The van der Waals surface area contributed by atoms with Gasteiger partial charge in [-0.3, -0.25) is 14.2 Å². The molecular formula is C14H17N3O4. The molecule has 0 atom stereocenters. The van der Waals surface area contributed by atoms with Gasteiger partial charge in [0, 0.05) is 6.54 Å². The number of hydrogen-bond donors (Lipinski definition) is 2. The minimum atomic E-state index is -0.596. The maximum Gasteiger partial charge on any atom is 0.420 e. The summed E-state index contributed by atoms with van der Waals surface area (Å²) in [4.78, 5) is 34.9. The smallest absolute Gasteiger partial charge is 0.408 e. The fourth-order valence-electron chi connectivity index (χ4n) is 1.87. The van der Waals surface area contributed by atoms with Crippen LogP contribution in [0.1, 0.15) is 13.3 Å². The zero-order valence-corrected chi connectivity index (χ0v) is 11.7. The van der Waals surface area contributed by atoms with Crippen molar-refractivity contribution in [3.63, 3.8) is 0 Å². The molecule has 2 amide bonds. The largest absolute Gasteiger partial charge is 0.420 e. The van der Waals surface area contributed by atoms with Crippen molar-refractivity contribution in [2.75, 3.05) is 13.1 Å². The van der Waals surface area contributed by atoms with Crippen LogP contribution in [0, 0.1) is 0 Å². The Balaban J connectivity index is 1.97. The average molecular weight is 291 g/mol. The van der Waals surface area contributed by atoms with Gasteiger partial charge in [-0.2, -0.15) is 0 Å². The van der Waals surface area contributed by atoms with Crippen LogP contribution >= 0.6 is 0 Å². The highest BCUT2D eigenvalue weighted by Gasteiger charge is 2.12. The highest BCUT2D eigenvalue weighted by Crippen LogP contribution is 2.11. The van der Waals surface area contributed by atoms with E-state index in [0.717, 1.165) is 6.42 Å². The minimum absolute atomic E-state index is 0.108. The van der Waals surface area contributed by atoms with Crippen molar-refractivity contribution in [1.29, 1.82) is 0 Å². The van der Waals surface area contributed by atoms with Gasteiger partial charge >= 0.3 is 5.76 Å². The molecule has 0 aliphatic heterocycles. The normalized spacial score (nSPS) is 10.5. The number of amides is 2. The molecule has 1 aromatic heterocycles. The Kier molecular flexibility index (Phi) is 4.76. The molecule has 0 bridgehead atoms. The third-order valence-corrected chi connectivity index (χ3v) is 2.89. The van der Waals surface area contributed by atoms with Crippen molar-refractivity contribution < 1.29 is 14.0 Å². The molecule has 2 rings (SSSR count). The minimum Gasteiger partial charge on any atom is -0.408 e. The Labute approximate surface area is 120 Å². The van der Waals surface area contributed by atoms with Crippen LogP contribution in [0.4, 0.5) is 0 Å². The van der Waals surface area contributed by atoms with Gasteiger partial charge in [-0.05, 0) is 18.6 Å². The highest BCUT2D eigenvalue weighted by atomic mass is 16.4. The van der Waals surface area contributed by atoms with Gasteiger partial charge in [-0.15, -0.1) is 0 Å². The van der Waals surface area contributed by atoms with E-state index in [1.165, 1.54) is 4.57 Å². The second-order valence-corrected chi connectivity index (χ2v) is 4.55. The first-order valence-corrected chi connectivity index (χ1v) is 6.73. The first kappa shape index (κ1) is 14.8. The number of fused-ring (bicyclic) bond motifs is 1. The number of oxazole rings is 1. The van der Waals surface area contributed by atoms with Crippen molar-refractivity contribution in [1.82, 2.24) is 15.2 Å². The van der Waals surface area contributed by atoms with E-state index in [1.807, 2.05) is 6.92 Å². The summed E-state index contributed by atoms with van der Waals surface area (Å²) in [5.41, 5.74) is 0.976. The number of benzene rings is 1. The van der Waals surface area contributed by atoms with Gasteiger partial charge in [0.15, 0.2) is 5.58 Å². The van der Waals surface area contributed by atoms with Crippen molar-refractivity contribution in [3.8, 4) is 0 Å². The van der Waals surface area contributed by atoms with Crippen molar-refractivity contribution in [3.05, 3.63) is 34.8 Å². The van der Waals surface area contributed by atoms with Gasteiger partial charge < -0.3 is 15.1 Å². The summed E-state index contributed by atoms with van der Waals surface area (Å²) in [5, 5.41) is 5.12. The topological polar surface area (TPSA) is 93.3 Å². The standard InChI is InChI=1S/C14H17N3O4/c1-2-7-15-12(18)8-16-13(19)9-17-10-5-3-4-6-11(10)21-14(17)20/h3-6H,2,7-9H2,1H3,(H,15,18)(H,16,19). The van der Waals surface area contributed by atoms with Gasteiger partial charge in [0.05, 0.1) is 12.1 Å². The lowest BCUT2D eigenvalue weighted by Gasteiger charge is -2.06. The highest BCUT2D eigenvalue weighted by molar-refractivity contribution is 5.85. The number of nitrogens with zero attached hydrogens (tertiary/aromatic N) is 1. The van der Waals surface area contributed by atoms with Gasteiger partial charge in [0.25, 0.3) is 0 Å². The summed E-state index contributed by atoms with van der Waals surface area (Å²) < 4.78 is 6.26. The third kappa shape index (κ3) is 3.71. The molecule has 1 aromatic carbocycles. The second-order valence-electron chi connectivity index (χ2n) is 4.55. The van der Waals surface area contributed by atoms with E-state index in [0.29, 0.717) is 17.6 Å². The van der Waals surface area contributed by atoms with Crippen LogP contribution in [0.25, 0.3) is 11.1 Å². The molecule has 7 nitrogen and oxygen atoms in total. The molecule has 1 heterocycles. The molecule has 7 heteroatoms. The first-order valence-electron chi connectivity index (χ1n) is 6.73. The number of aromatic nitrogens is 1. The van der Waals surface area contributed by atoms with E-state index in [9.17, 15) is 14.4 Å². The quantitative estimate of drug-likeness (QED) is 0.797. The van der Waals surface area contributed by atoms with Crippen molar-refractivity contribution in [2.24, 2.45) is 0 Å². The van der Waals surface area contributed by atoms with Crippen LogP contribution in [0.15, 0.2) is 33.5 Å². The summed E-state index contributed by atoms with van der Waals surface area (Å²) in [5.74, 6) is -1.27. The van der Waals surface area contributed by atoms with Crippen molar-refractivity contribution in [2.45, 2.75) is 19.9 Å². The summed E-state index contributed by atoms with van der Waals surface area (Å²) in [7, 11) is 0. The lowest BCUT2D eigenvalue weighted by Crippen LogP contribution is -2.39. The molecule has 0 aliphatic carbocycles. The maximum absolute atomic E-state index is 11.8. The molecule has 2 aromatic rings. The zero-order chi connectivity index (χ0) is 15.2. The van der Waals surface area contributed by atoms with E-state index in [1.54, 1.807) is 24.3 Å². The number of rotatable bonds is 6. The predicted molar refractivity (Wildman–Crippen MR) is 76.8 cm³/mol. The van der Waals surface area contributed by atoms with Gasteiger partial charge in [0.2, 0.25) is 11.8 Å². The molecule has 0 saturated heterocycles. The molecule has 21 heavy (non-hydrogen) atoms. The van der Waals surface area contributed by atoms with Gasteiger partial charge in [0.1, 0.15) is 6.54 Å². The molecule has 112 valence electrons. The Morgan fingerprint density at radius 3 is 2.71 bits per heavy atom. The molecule has 0 aliphatic rings. The Hall–Kier alpha value is -2.57. The van der Waals surface area contributed by atoms with Gasteiger partial charge in [-0.1, -0.05) is 19.1 Å². The second kappa shape index (κ2) is 6.74. The SMILES string of the molecule is CCCNC(=O)CNC(=O)Cn1c(=O)oc2ccccc21. The number of carbonyl (C=O) groups excluding carboxylic acids is 2. The molecule has 0 spiro atoms. The number of carbonyl (C=O) groups is 2. The van der Waals surface area contributed by atoms with Crippen LogP contribution < -0.4 is 16.4 Å². The Bertz CT molecular complexity index is 702. The molecule has 0 saturated carbocycles. The van der Waals surface area contributed by atoms with Crippen LogP contribution in [-0.2, 0) is 16.1 Å². The summed E-state index contributed by atoms with van der Waals surface area (Å²) >= 11 is 0. The van der Waals surface area contributed by atoms with E-state index < -0.39 is 11.7 Å². The first-order chi connectivity index (χ1) is 10.1. The lowest BCUT2D eigenvalue weighted by molar-refractivity contribution is -0.126. The third-order valence-electron chi connectivity index (χ3n) is 2.89. The van der Waals surface area contributed by atoms with Crippen LogP contribution in [0.3, 0.4) is 0 Å². The summed E-state index contributed by atoms with van der Waals surface area (Å²) in [6.45, 7) is 2.22. The number of nitrogens with one attached hydrogen (secondary N) is 2. The fraction of sp³-hybridized carbons (Fsp3) is 0.357. The fourth-order valence-corrected chi connectivity index (χ4v) is 1.87. The van der Waals surface area contributed by atoms with E-state index >= 15 is 0 Å². The van der Waals surface area contributed by atoms with Crippen LogP contribution in [-0.4, -0.2) is 29.5 Å². The van der Waals surface area contributed by atoms with Crippen molar-refractivity contribution >= 4 is 22.9 Å². The predicted octanol–water partition coefficient (Wildman–Crippen LogP) is 0.237. The molecule has 0 radical (unpaired) electrons. The van der Waals surface area contributed by atoms with Gasteiger partial charge in [-0.25, -0.2) is 4.79 Å². The molecule has 0 fully saturated rings. The molecular weight excluding hydrogens is 274 g/mol. The summed E-state index contributed by atoms with van der Waals surface area (Å²) in [6, 6.07) is 6.85. The lowest BCUT2D eigenvalue weighted by atomic mass is 10.3. The Morgan fingerprint density at radius 1 is 1.19 bits per heavy atom. The van der Waals surface area contributed by atoms with Crippen LogP contribution in [0.2, 0.25) is 0 Å². The van der Waals surface area contributed by atoms with E-state index in [-0.39, 0.29) is 19.0 Å². The molecule has 0 unspecified atom stereocenters. The maximum atomic E-state index is 11.8. The van der Waals surface area contributed by atoms with E-state index in [2.05, 4.69) is 10.6 Å². The number of para-hydroxylation sites is 2. The zero-order valence-electron chi connectivity index (χ0n) is 11.7. The Morgan fingerprint density at radius 2 is 1.95 bits per heavy atom. The summed E-state index contributed by atoms with van der Waals surface area (Å²) in [6.07, 6.45) is 0.829. The average Bonchev–Trinajstić information content (AvgIpc) is 2.79.